The molecule has 0 saturated heterocycles. The average molecular weight is 328 g/mol. The van der Waals surface area contributed by atoms with Crippen LogP contribution in [0.2, 0.25) is 0 Å². The van der Waals surface area contributed by atoms with Gasteiger partial charge in [-0.25, -0.2) is 0 Å². The Kier molecular flexibility index (Phi) is 4.80. The van der Waals surface area contributed by atoms with E-state index >= 15 is 0 Å². The number of aromatic hydroxyl groups is 1. The average Bonchev–Trinajstić information content (AvgIpc) is 2.85. The van der Waals surface area contributed by atoms with E-state index in [4.69, 9.17) is 0 Å². The first-order chi connectivity index (χ1) is 11.4. The molecule has 0 heterocycles. The van der Waals surface area contributed by atoms with E-state index in [9.17, 15) is 14.7 Å². The van der Waals surface area contributed by atoms with Crippen molar-refractivity contribution in [2.45, 2.75) is 58.8 Å². The van der Waals surface area contributed by atoms with E-state index in [0.717, 1.165) is 32.0 Å². The Balaban J connectivity index is 1.74. The highest BCUT2D eigenvalue weighted by molar-refractivity contribution is 5.80. The molecule has 0 spiro atoms. The second-order valence-electron chi connectivity index (χ2n) is 8.12. The number of phenols is 1. The molecule has 2 aliphatic carbocycles. The summed E-state index contributed by atoms with van der Waals surface area (Å²) in [6.45, 7) is 4.31. The van der Waals surface area contributed by atoms with Gasteiger partial charge < -0.3 is 9.90 Å². The van der Waals surface area contributed by atoms with E-state index in [-0.39, 0.29) is 5.41 Å². The molecule has 0 aromatic heterocycles. The topological polar surface area (TPSA) is 54.4 Å². The molecular weight excluding hydrogens is 300 g/mol. The second-order valence-corrected chi connectivity index (χ2v) is 8.12. The molecule has 1 N–H and O–H groups in total. The number of aryl methyl sites for hydroxylation is 2. The molecule has 0 aliphatic heterocycles. The summed E-state index contributed by atoms with van der Waals surface area (Å²) in [4.78, 5) is 23.4. The summed E-state index contributed by atoms with van der Waals surface area (Å²) < 4.78 is 0. The van der Waals surface area contributed by atoms with Gasteiger partial charge in [0.1, 0.15) is 17.8 Å². The lowest BCUT2D eigenvalue weighted by atomic mass is 9.59. The minimum atomic E-state index is 0.00871. The van der Waals surface area contributed by atoms with Crippen molar-refractivity contribution in [1.29, 1.82) is 0 Å². The first-order valence-electron chi connectivity index (χ1n) is 9.18. The van der Waals surface area contributed by atoms with E-state index in [1.54, 1.807) is 6.07 Å². The van der Waals surface area contributed by atoms with Gasteiger partial charge in [-0.15, -0.1) is 0 Å². The van der Waals surface area contributed by atoms with Crippen LogP contribution in [0.25, 0.3) is 0 Å². The highest BCUT2D eigenvalue weighted by Crippen LogP contribution is 2.58. The van der Waals surface area contributed by atoms with Crippen molar-refractivity contribution in [3.8, 4) is 5.75 Å². The molecule has 4 atom stereocenters. The number of fused-ring (bicyclic) bond motifs is 1. The third-order valence-corrected chi connectivity index (χ3v) is 6.74. The van der Waals surface area contributed by atoms with Crippen LogP contribution >= 0.6 is 0 Å². The summed E-state index contributed by atoms with van der Waals surface area (Å²) in [6.07, 6.45) is 7.08. The molecule has 0 bridgehead atoms. The molecule has 130 valence electrons. The van der Waals surface area contributed by atoms with Gasteiger partial charge >= 0.3 is 0 Å². The fraction of sp³-hybridized carbons (Fsp3) is 0.619. The molecular formula is C21H28O3. The third-order valence-electron chi connectivity index (χ3n) is 6.74. The van der Waals surface area contributed by atoms with E-state index in [1.807, 2.05) is 12.1 Å². The normalized spacial score (nSPS) is 32.6. The van der Waals surface area contributed by atoms with Crippen molar-refractivity contribution in [3.05, 3.63) is 29.3 Å². The van der Waals surface area contributed by atoms with Crippen molar-refractivity contribution in [2.75, 3.05) is 0 Å². The second kappa shape index (κ2) is 6.70. The fourth-order valence-corrected chi connectivity index (χ4v) is 5.40. The van der Waals surface area contributed by atoms with Crippen molar-refractivity contribution >= 4 is 12.1 Å². The number of hydrogen-bond donors (Lipinski definition) is 1. The number of benzene rings is 1. The molecule has 3 nitrogen and oxygen atoms in total. The maximum Gasteiger partial charge on any atom is 0.133 e. The monoisotopic (exact) mass is 328 g/mol. The van der Waals surface area contributed by atoms with Gasteiger partial charge in [0.25, 0.3) is 0 Å². The van der Waals surface area contributed by atoms with Gasteiger partial charge in [0, 0.05) is 19.3 Å². The smallest absolute Gasteiger partial charge is 0.133 e. The zero-order valence-corrected chi connectivity index (χ0v) is 14.8. The molecule has 24 heavy (non-hydrogen) atoms. The first kappa shape index (κ1) is 17.2. The summed E-state index contributed by atoms with van der Waals surface area (Å²) in [5.41, 5.74) is 2.38. The van der Waals surface area contributed by atoms with Gasteiger partial charge in [-0.2, -0.15) is 0 Å². The molecule has 2 fully saturated rings. The van der Waals surface area contributed by atoms with Crippen molar-refractivity contribution in [2.24, 2.45) is 23.2 Å². The van der Waals surface area contributed by atoms with Gasteiger partial charge in [0.05, 0.1) is 0 Å². The summed E-state index contributed by atoms with van der Waals surface area (Å²) >= 11 is 0. The zero-order valence-electron chi connectivity index (χ0n) is 14.8. The molecule has 0 amide bonds. The first-order valence-corrected chi connectivity index (χ1v) is 9.18. The fourth-order valence-electron chi connectivity index (χ4n) is 5.40. The molecule has 3 heteroatoms. The third kappa shape index (κ3) is 3.13. The van der Waals surface area contributed by atoms with E-state index in [2.05, 4.69) is 13.8 Å². The Hall–Kier alpha value is -1.64. The van der Waals surface area contributed by atoms with Crippen molar-refractivity contribution in [3.63, 3.8) is 0 Å². The largest absolute Gasteiger partial charge is 0.508 e. The van der Waals surface area contributed by atoms with Crippen LogP contribution in [-0.2, 0) is 16.0 Å². The number of rotatable bonds is 5. The lowest BCUT2D eigenvalue weighted by molar-refractivity contribution is -0.129. The van der Waals surface area contributed by atoms with E-state index in [1.165, 1.54) is 11.1 Å². The van der Waals surface area contributed by atoms with Gasteiger partial charge in [-0.3, -0.25) is 4.79 Å². The van der Waals surface area contributed by atoms with Gasteiger partial charge in [0.15, 0.2) is 0 Å². The Morgan fingerprint density at radius 2 is 2.12 bits per heavy atom. The summed E-state index contributed by atoms with van der Waals surface area (Å²) in [5, 5.41) is 9.71. The van der Waals surface area contributed by atoms with Crippen LogP contribution in [-0.4, -0.2) is 17.2 Å². The minimum absolute atomic E-state index is 0.00871. The molecule has 3 rings (SSSR count). The van der Waals surface area contributed by atoms with Crippen LogP contribution in [0.15, 0.2) is 18.2 Å². The van der Waals surface area contributed by atoms with Crippen LogP contribution in [0.4, 0.5) is 0 Å². The molecule has 1 aromatic carbocycles. The Morgan fingerprint density at radius 3 is 2.88 bits per heavy atom. The molecule has 2 saturated carbocycles. The number of phenolic OH excluding ortho intramolecular Hbond substituents is 1. The number of Topliss-reactive ketones (excluding diaryl/α,β-unsaturated/α-hetero) is 1. The quantitative estimate of drug-likeness (QED) is 0.823. The van der Waals surface area contributed by atoms with E-state index in [0.29, 0.717) is 48.5 Å². The Labute approximate surface area is 144 Å². The van der Waals surface area contributed by atoms with Gasteiger partial charge in [-0.1, -0.05) is 13.0 Å². The standard InChI is InChI=1S/C21H28O3/c1-14-3-7-18(23)11-15(14)4-5-16-12-19(24)13-21(2)17(9-10-22)6-8-20(16)21/h3,7,10-11,16-17,20,23H,4-6,8-9,12-13H2,1-2H3. The van der Waals surface area contributed by atoms with Crippen molar-refractivity contribution < 1.29 is 14.7 Å². The highest BCUT2D eigenvalue weighted by atomic mass is 16.3. The van der Waals surface area contributed by atoms with Gasteiger partial charge in [0.2, 0.25) is 0 Å². The maximum absolute atomic E-state index is 12.4. The number of hydrogen-bond acceptors (Lipinski definition) is 3. The molecule has 4 unspecified atom stereocenters. The van der Waals surface area contributed by atoms with Crippen LogP contribution < -0.4 is 0 Å². The lowest BCUT2D eigenvalue weighted by Crippen LogP contribution is -2.41. The highest BCUT2D eigenvalue weighted by Gasteiger charge is 2.52. The van der Waals surface area contributed by atoms with Crippen molar-refractivity contribution in [1.82, 2.24) is 0 Å². The summed E-state index contributed by atoms with van der Waals surface area (Å²) in [7, 11) is 0. The van der Waals surface area contributed by atoms with Crippen LogP contribution in [0.1, 0.15) is 56.6 Å². The number of carbonyl (C=O) groups excluding carboxylic acids is 2. The number of carbonyl (C=O) groups is 2. The van der Waals surface area contributed by atoms with Gasteiger partial charge in [-0.05, 0) is 79.0 Å². The van der Waals surface area contributed by atoms with E-state index < -0.39 is 0 Å². The summed E-state index contributed by atoms with van der Waals surface area (Å²) in [5.74, 6) is 2.01. The Morgan fingerprint density at radius 1 is 1.33 bits per heavy atom. The predicted octanol–water partition coefficient (Wildman–Crippen LogP) is 4.23. The Bertz CT molecular complexity index is 636. The van der Waals surface area contributed by atoms with Crippen LogP contribution in [0.5, 0.6) is 5.75 Å². The van der Waals surface area contributed by atoms with Crippen LogP contribution in [0, 0.1) is 30.1 Å². The minimum Gasteiger partial charge on any atom is -0.508 e. The zero-order chi connectivity index (χ0) is 17.3. The summed E-state index contributed by atoms with van der Waals surface area (Å²) in [6, 6.07) is 5.53. The number of aldehydes is 1. The predicted molar refractivity (Wildman–Crippen MR) is 93.9 cm³/mol. The van der Waals surface area contributed by atoms with Crippen LogP contribution in [0.3, 0.4) is 0 Å². The number of ketones is 1. The molecule has 0 radical (unpaired) electrons. The maximum atomic E-state index is 12.4. The SMILES string of the molecule is Cc1ccc(O)cc1CCC1CC(=O)CC2(C)C(CC=O)CCC12. The molecule has 2 aliphatic rings. The lowest BCUT2D eigenvalue weighted by Gasteiger charge is -2.44. The molecule has 1 aromatic rings.